The number of benzene rings is 2. The first-order valence-electron chi connectivity index (χ1n) is 10.7. The molecule has 0 saturated carbocycles. The molecule has 1 saturated heterocycles. The molecule has 0 spiro atoms. The first-order chi connectivity index (χ1) is 16.1. The summed E-state index contributed by atoms with van der Waals surface area (Å²) in [5.74, 6) is -0.0790. The minimum absolute atomic E-state index is 0.0834. The first-order valence-corrected chi connectivity index (χ1v) is 11.0. The Kier molecular flexibility index (Phi) is 6.77. The van der Waals surface area contributed by atoms with Crippen LogP contribution in [0.3, 0.4) is 0 Å². The summed E-state index contributed by atoms with van der Waals surface area (Å²) in [6.07, 6.45) is -4.62. The monoisotopic (exact) mass is 490 g/mol. The molecule has 4 rings (SSSR count). The van der Waals surface area contributed by atoms with E-state index in [-0.39, 0.29) is 22.4 Å². The molecule has 1 aromatic heterocycles. The smallest absolute Gasteiger partial charge is 0.336 e. The van der Waals surface area contributed by atoms with Crippen LogP contribution < -0.4 is 0 Å². The van der Waals surface area contributed by atoms with Crippen LogP contribution in [0.25, 0.3) is 16.9 Å². The third-order valence-electron chi connectivity index (χ3n) is 5.61. The molecule has 1 aliphatic rings. The summed E-state index contributed by atoms with van der Waals surface area (Å²) in [4.78, 5) is 27.9. The summed E-state index contributed by atoms with van der Waals surface area (Å²) in [7, 11) is 0. The van der Waals surface area contributed by atoms with Gasteiger partial charge in [-0.2, -0.15) is 18.3 Å². The van der Waals surface area contributed by atoms with Gasteiger partial charge in [0.2, 0.25) is 0 Å². The maximum absolute atomic E-state index is 13.4. The van der Waals surface area contributed by atoms with Crippen molar-refractivity contribution in [1.82, 2.24) is 19.6 Å². The van der Waals surface area contributed by atoms with Crippen molar-refractivity contribution >= 4 is 23.3 Å². The van der Waals surface area contributed by atoms with Gasteiger partial charge in [0.05, 0.1) is 22.9 Å². The number of alkyl halides is 3. The number of halogens is 4. The number of Topliss-reactive ketones (excluding diaryl/α,β-unsaturated/α-hetero) is 1. The molecule has 3 aromatic rings. The van der Waals surface area contributed by atoms with Gasteiger partial charge in [-0.05, 0) is 37.3 Å². The Morgan fingerprint density at radius 2 is 1.65 bits per heavy atom. The molecule has 178 valence electrons. The first kappa shape index (κ1) is 24.0. The van der Waals surface area contributed by atoms with Crippen LogP contribution in [0.5, 0.6) is 0 Å². The number of para-hydroxylation sites is 1. The normalized spacial score (nSPS) is 14.9. The van der Waals surface area contributed by atoms with Gasteiger partial charge in [-0.3, -0.25) is 14.5 Å². The van der Waals surface area contributed by atoms with Crippen molar-refractivity contribution < 1.29 is 22.8 Å². The van der Waals surface area contributed by atoms with E-state index in [1.54, 1.807) is 53.4 Å². The zero-order chi connectivity index (χ0) is 24.5. The molecule has 1 amide bonds. The van der Waals surface area contributed by atoms with E-state index in [0.29, 0.717) is 49.5 Å². The highest BCUT2D eigenvalue weighted by atomic mass is 35.5. The van der Waals surface area contributed by atoms with Gasteiger partial charge in [0, 0.05) is 37.3 Å². The summed E-state index contributed by atoms with van der Waals surface area (Å²) in [6, 6.07) is 13.9. The minimum Gasteiger partial charge on any atom is -0.336 e. The summed E-state index contributed by atoms with van der Waals surface area (Å²) in [6.45, 7) is 4.13. The van der Waals surface area contributed by atoms with Gasteiger partial charge < -0.3 is 4.90 Å². The Labute approximate surface area is 199 Å². The van der Waals surface area contributed by atoms with Crippen molar-refractivity contribution in [2.75, 3.05) is 32.7 Å². The molecule has 34 heavy (non-hydrogen) atoms. The SMILES string of the molecule is CC(=O)CN1CCN(C(=O)c2ccc(-c3cc(C(F)(F)F)nn3-c3ccccc3Cl)cc2)CC1. The summed E-state index contributed by atoms with van der Waals surface area (Å²) >= 11 is 6.22. The van der Waals surface area contributed by atoms with E-state index in [4.69, 9.17) is 11.6 Å². The molecule has 1 aliphatic heterocycles. The molecular formula is C24H22ClF3N4O2. The molecule has 6 nitrogen and oxygen atoms in total. The van der Waals surface area contributed by atoms with Gasteiger partial charge >= 0.3 is 6.18 Å². The van der Waals surface area contributed by atoms with E-state index in [9.17, 15) is 22.8 Å². The standard InChI is InChI=1S/C24H22ClF3N4O2/c1-16(33)15-30-10-12-31(13-11-30)23(34)18-8-6-17(7-9-18)21-14-22(24(26,27)28)29-32(21)20-5-3-2-4-19(20)25/h2-9,14H,10-13,15H2,1H3. The molecule has 0 N–H and O–H groups in total. The van der Waals surface area contributed by atoms with E-state index < -0.39 is 11.9 Å². The molecule has 0 bridgehead atoms. The fourth-order valence-corrected chi connectivity index (χ4v) is 4.14. The van der Waals surface area contributed by atoms with Crippen molar-refractivity contribution in [3.63, 3.8) is 0 Å². The Morgan fingerprint density at radius 1 is 1.00 bits per heavy atom. The second-order valence-corrected chi connectivity index (χ2v) is 8.53. The molecule has 10 heteroatoms. The predicted molar refractivity (Wildman–Crippen MR) is 122 cm³/mol. The summed E-state index contributed by atoms with van der Waals surface area (Å²) < 4.78 is 41.4. The number of nitrogens with zero attached hydrogens (tertiary/aromatic N) is 4. The van der Waals surface area contributed by atoms with Crippen LogP contribution in [0, 0.1) is 0 Å². The fourth-order valence-electron chi connectivity index (χ4n) is 3.92. The highest BCUT2D eigenvalue weighted by Gasteiger charge is 2.35. The Balaban J connectivity index is 1.58. The number of ketones is 1. The number of aromatic nitrogens is 2. The van der Waals surface area contributed by atoms with E-state index in [1.165, 1.54) is 6.92 Å². The van der Waals surface area contributed by atoms with Crippen LogP contribution >= 0.6 is 11.6 Å². The topological polar surface area (TPSA) is 58.4 Å². The van der Waals surface area contributed by atoms with Crippen molar-refractivity contribution in [3.05, 3.63) is 70.9 Å². The van der Waals surface area contributed by atoms with Crippen LogP contribution in [0.4, 0.5) is 13.2 Å². The number of hydrogen-bond donors (Lipinski definition) is 0. The lowest BCUT2D eigenvalue weighted by Gasteiger charge is -2.34. The number of piperazine rings is 1. The summed E-state index contributed by atoms with van der Waals surface area (Å²) in [5, 5.41) is 4.01. The van der Waals surface area contributed by atoms with Crippen LogP contribution in [-0.2, 0) is 11.0 Å². The number of carbonyl (C=O) groups excluding carboxylic acids is 2. The molecule has 0 radical (unpaired) electrons. The van der Waals surface area contributed by atoms with Gasteiger partial charge in [-0.25, -0.2) is 4.68 Å². The zero-order valence-corrected chi connectivity index (χ0v) is 19.1. The average Bonchev–Trinajstić information content (AvgIpc) is 3.25. The van der Waals surface area contributed by atoms with Crippen LogP contribution in [-0.4, -0.2) is 64.0 Å². The second-order valence-electron chi connectivity index (χ2n) is 8.12. The largest absolute Gasteiger partial charge is 0.435 e. The molecule has 0 unspecified atom stereocenters. The number of hydrogen-bond acceptors (Lipinski definition) is 4. The lowest BCUT2D eigenvalue weighted by atomic mass is 10.1. The highest BCUT2D eigenvalue weighted by Crippen LogP contribution is 2.34. The minimum atomic E-state index is -4.62. The van der Waals surface area contributed by atoms with E-state index in [1.807, 2.05) is 4.90 Å². The van der Waals surface area contributed by atoms with Crippen molar-refractivity contribution in [2.45, 2.75) is 13.1 Å². The van der Waals surface area contributed by atoms with E-state index >= 15 is 0 Å². The quantitative estimate of drug-likeness (QED) is 0.526. The lowest BCUT2D eigenvalue weighted by Crippen LogP contribution is -2.49. The number of rotatable bonds is 5. The second kappa shape index (κ2) is 9.60. The maximum Gasteiger partial charge on any atom is 0.435 e. The Hall–Kier alpha value is -3.17. The molecule has 2 aromatic carbocycles. The number of carbonyl (C=O) groups is 2. The fraction of sp³-hybridized carbons (Fsp3) is 0.292. The van der Waals surface area contributed by atoms with Crippen LogP contribution in [0.2, 0.25) is 5.02 Å². The molecule has 2 heterocycles. The van der Waals surface area contributed by atoms with Crippen molar-refractivity contribution in [3.8, 4) is 16.9 Å². The van der Waals surface area contributed by atoms with Gasteiger partial charge in [0.1, 0.15) is 5.78 Å². The molecule has 1 fully saturated rings. The lowest BCUT2D eigenvalue weighted by molar-refractivity contribution is -0.141. The number of amides is 1. The third-order valence-corrected chi connectivity index (χ3v) is 5.93. The predicted octanol–water partition coefficient (Wildman–Crippen LogP) is 4.56. The van der Waals surface area contributed by atoms with E-state index in [2.05, 4.69) is 5.10 Å². The maximum atomic E-state index is 13.4. The zero-order valence-electron chi connectivity index (χ0n) is 18.3. The van der Waals surface area contributed by atoms with Crippen molar-refractivity contribution in [1.29, 1.82) is 0 Å². The van der Waals surface area contributed by atoms with Crippen LogP contribution in [0.1, 0.15) is 23.0 Å². The van der Waals surface area contributed by atoms with Crippen molar-refractivity contribution in [2.24, 2.45) is 0 Å². The Morgan fingerprint density at radius 3 is 2.24 bits per heavy atom. The average molecular weight is 491 g/mol. The summed E-state index contributed by atoms with van der Waals surface area (Å²) in [5.41, 5.74) is 0.385. The van der Waals surface area contributed by atoms with E-state index in [0.717, 1.165) is 10.7 Å². The third kappa shape index (κ3) is 5.15. The molecular weight excluding hydrogens is 469 g/mol. The Bertz CT molecular complexity index is 1200. The van der Waals surface area contributed by atoms with Gasteiger partial charge in [-0.15, -0.1) is 0 Å². The van der Waals surface area contributed by atoms with Gasteiger partial charge in [0.15, 0.2) is 5.69 Å². The molecule has 0 aliphatic carbocycles. The van der Waals surface area contributed by atoms with Gasteiger partial charge in [-0.1, -0.05) is 35.9 Å². The van der Waals surface area contributed by atoms with Crippen LogP contribution in [0.15, 0.2) is 54.6 Å². The van der Waals surface area contributed by atoms with Gasteiger partial charge in [0.25, 0.3) is 5.91 Å². The molecule has 0 atom stereocenters. The highest BCUT2D eigenvalue weighted by molar-refractivity contribution is 6.32.